The van der Waals surface area contributed by atoms with Gasteiger partial charge < -0.3 is 4.52 Å². The zero-order valence-corrected chi connectivity index (χ0v) is 7.53. The quantitative estimate of drug-likeness (QED) is 0.697. The van der Waals surface area contributed by atoms with Gasteiger partial charge in [0.2, 0.25) is 0 Å². The van der Waals surface area contributed by atoms with Crippen LogP contribution in [-0.2, 0) is 6.42 Å². The Labute approximate surface area is 77.2 Å². The predicted molar refractivity (Wildman–Crippen MR) is 51.3 cm³/mol. The van der Waals surface area contributed by atoms with Gasteiger partial charge >= 0.3 is 0 Å². The zero-order chi connectivity index (χ0) is 9.10. The topological polar surface area (TPSA) is 26.0 Å². The van der Waals surface area contributed by atoms with E-state index in [-0.39, 0.29) is 0 Å². The van der Waals surface area contributed by atoms with Crippen molar-refractivity contribution in [1.29, 1.82) is 0 Å². The summed E-state index contributed by atoms with van der Waals surface area (Å²) in [6, 6.07) is 10.2. The smallest absolute Gasteiger partial charge is 0.124 e. The van der Waals surface area contributed by atoms with Crippen LogP contribution in [-0.4, -0.2) is 5.16 Å². The summed E-state index contributed by atoms with van der Waals surface area (Å²) in [6.45, 7) is 2.14. The Kier molecular flexibility index (Phi) is 2.13. The molecule has 66 valence electrons. The van der Waals surface area contributed by atoms with Crippen molar-refractivity contribution in [1.82, 2.24) is 5.16 Å². The molecule has 0 unspecified atom stereocenters. The lowest BCUT2D eigenvalue weighted by Gasteiger charge is -1.98. The van der Waals surface area contributed by atoms with E-state index in [2.05, 4.69) is 24.2 Å². The average Bonchev–Trinajstić information content (AvgIpc) is 2.71. The summed E-state index contributed by atoms with van der Waals surface area (Å²) in [4.78, 5) is 0. The van der Waals surface area contributed by atoms with Gasteiger partial charge in [-0.15, -0.1) is 0 Å². The molecule has 1 aromatic carbocycles. The van der Waals surface area contributed by atoms with Gasteiger partial charge in [0.1, 0.15) is 12.0 Å². The van der Waals surface area contributed by atoms with Crippen LogP contribution in [0.2, 0.25) is 0 Å². The van der Waals surface area contributed by atoms with Crippen LogP contribution < -0.4 is 0 Å². The van der Waals surface area contributed by atoms with E-state index in [1.807, 2.05) is 18.2 Å². The van der Waals surface area contributed by atoms with Crippen molar-refractivity contribution in [3.8, 4) is 11.3 Å². The highest BCUT2D eigenvalue weighted by molar-refractivity contribution is 5.58. The number of rotatable bonds is 2. The fourth-order valence-electron chi connectivity index (χ4n) is 1.31. The normalized spacial score (nSPS) is 10.2. The van der Waals surface area contributed by atoms with E-state index in [9.17, 15) is 0 Å². The summed E-state index contributed by atoms with van der Waals surface area (Å²) in [5, 5.41) is 3.89. The molecule has 0 amide bonds. The van der Waals surface area contributed by atoms with Gasteiger partial charge in [0.15, 0.2) is 0 Å². The molecule has 2 rings (SSSR count). The lowest BCUT2D eigenvalue weighted by atomic mass is 10.1. The predicted octanol–water partition coefficient (Wildman–Crippen LogP) is 2.90. The number of benzene rings is 1. The summed E-state index contributed by atoms with van der Waals surface area (Å²) in [6.07, 6.45) is 2.64. The third kappa shape index (κ3) is 1.61. The molecular weight excluding hydrogens is 162 g/mol. The highest BCUT2D eigenvalue weighted by Crippen LogP contribution is 2.18. The van der Waals surface area contributed by atoms with E-state index in [0.717, 1.165) is 17.7 Å². The molecule has 13 heavy (non-hydrogen) atoms. The van der Waals surface area contributed by atoms with Crippen LogP contribution in [0.15, 0.2) is 41.1 Å². The van der Waals surface area contributed by atoms with Gasteiger partial charge in [-0.25, -0.2) is 0 Å². The minimum absolute atomic E-state index is 0.898. The molecule has 0 spiro atoms. The van der Waals surface area contributed by atoms with E-state index >= 15 is 0 Å². The minimum Gasteiger partial charge on any atom is -0.364 e. The molecule has 1 aromatic heterocycles. The van der Waals surface area contributed by atoms with Gasteiger partial charge in [-0.3, -0.25) is 0 Å². The first kappa shape index (κ1) is 8.05. The molecule has 0 saturated heterocycles. The number of hydrogen-bond acceptors (Lipinski definition) is 2. The van der Waals surface area contributed by atoms with E-state index in [0.29, 0.717) is 0 Å². The van der Waals surface area contributed by atoms with Crippen molar-refractivity contribution in [2.24, 2.45) is 0 Å². The lowest BCUT2D eigenvalue weighted by molar-refractivity contribution is 0.422. The molecule has 0 aliphatic heterocycles. The van der Waals surface area contributed by atoms with Crippen LogP contribution in [0.4, 0.5) is 0 Å². The third-order valence-corrected chi connectivity index (χ3v) is 2.07. The van der Waals surface area contributed by atoms with Crippen LogP contribution in [0.25, 0.3) is 11.3 Å². The van der Waals surface area contributed by atoms with Crippen molar-refractivity contribution in [2.45, 2.75) is 13.3 Å². The zero-order valence-electron chi connectivity index (χ0n) is 7.53. The fraction of sp³-hybridized carbons (Fsp3) is 0.182. The number of nitrogens with zero attached hydrogens (tertiary/aromatic N) is 1. The van der Waals surface area contributed by atoms with Crippen molar-refractivity contribution in [2.75, 3.05) is 0 Å². The Hall–Kier alpha value is -1.57. The van der Waals surface area contributed by atoms with Gasteiger partial charge in [0.05, 0.1) is 0 Å². The molecule has 1 heterocycles. The monoisotopic (exact) mass is 173 g/mol. The first-order chi connectivity index (χ1) is 6.40. The summed E-state index contributed by atoms with van der Waals surface area (Å²) >= 11 is 0. The highest BCUT2D eigenvalue weighted by Gasteiger charge is 2.00. The van der Waals surface area contributed by atoms with Crippen LogP contribution in [0.5, 0.6) is 0 Å². The Bertz CT molecular complexity index is 379. The maximum Gasteiger partial charge on any atom is 0.124 e. The first-order valence-corrected chi connectivity index (χ1v) is 4.40. The standard InChI is InChI=1S/C11H11NO/c1-2-9-4-3-5-10(8-9)11-6-7-13-12-11/h3-8H,2H2,1H3. The van der Waals surface area contributed by atoms with Gasteiger partial charge in [-0.2, -0.15) is 0 Å². The molecule has 2 heteroatoms. The summed E-state index contributed by atoms with van der Waals surface area (Å²) in [5.74, 6) is 0. The molecule has 2 nitrogen and oxygen atoms in total. The van der Waals surface area contributed by atoms with Gasteiger partial charge in [-0.1, -0.05) is 30.3 Å². The molecule has 0 radical (unpaired) electrons. The molecule has 0 fully saturated rings. The second-order valence-corrected chi connectivity index (χ2v) is 2.94. The summed E-state index contributed by atoms with van der Waals surface area (Å²) < 4.78 is 4.79. The van der Waals surface area contributed by atoms with E-state index < -0.39 is 0 Å². The molecule has 0 aliphatic rings. The van der Waals surface area contributed by atoms with E-state index in [1.165, 1.54) is 5.56 Å². The molecule has 0 saturated carbocycles. The average molecular weight is 173 g/mol. The van der Waals surface area contributed by atoms with Gasteiger partial charge in [0.25, 0.3) is 0 Å². The van der Waals surface area contributed by atoms with Crippen molar-refractivity contribution in [3.05, 3.63) is 42.2 Å². The van der Waals surface area contributed by atoms with E-state index in [1.54, 1.807) is 6.26 Å². The minimum atomic E-state index is 0.898. The fourth-order valence-corrected chi connectivity index (χ4v) is 1.31. The SMILES string of the molecule is CCc1cccc(-c2ccon2)c1. The summed E-state index contributed by atoms with van der Waals surface area (Å²) in [5.41, 5.74) is 3.34. The van der Waals surface area contributed by atoms with Crippen LogP contribution in [0, 0.1) is 0 Å². The molecule has 0 bridgehead atoms. The maximum atomic E-state index is 4.79. The number of hydrogen-bond donors (Lipinski definition) is 0. The summed E-state index contributed by atoms with van der Waals surface area (Å²) in [7, 11) is 0. The van der Waals surface area contributed by atoms with Gasteiger partial charge in [-0.05, 0) is 18.1 Å². The maximum absolute atomic E-state index is 4.79. The highest BCUT2D eigenvalue weighted by atomic mass is 16.5. The third-order valence-electron chi connectivity index (χ3n) is 2.07. The number of aryl methyl sites for hydroxylation is 1. The molecule has 0 aliphatic carbocycles. The Balaban J connectivity index is 2.41. The van der Waals surface area contributed by atoms with Gasteiger partial charge in [0, 0.05) is 11.6 Å². The molecular formula is C11H11NO. The Morgan fingerprint density at radius 1 is 1.31 bits per heavy atom. The molecule has 2 aromatic rings. The van der Waals surface area contributed by atoms with Crippen molar-refractivity contribution < 1.29 is 4.52 Å². The van der Waals surface area contributed by atoms with Crippen LogP contribution in [0.3, 0.4) is 0 Å². The Morgan fingerprint density at radius 3 is 2.92 bits per heavy atom. The molecule has 0 atom stereocenters. The van der Waals surface area contributed by atoms with Crippen LogP contribution >= 0.6 is 0 Å². The van der Waals surface area contributed by atoms with E-state index in [4.69, 9.17) is 4.52 Å². The first-order valence-electron chi connectivity index (χ1n) is 4.40. The number of aromatic nitrogens is 1. The lowest BCUT2D eigenvalue weighted by Crippen LogP contribution is -1.81. The van der Waals surface area contributed by atoms with Crippen molar-refractivity contribution >= 4 is 0 Å². The second-order valence-electron chi connectivity index (χ2n) is 2.94. The largest absolute Gasteiger partial charge is 0.364 e. The molecule has 0 N–H and O–H groups in total. The Morgan fingerprint density at radius 2 is 2.23 bits per heavy atom. The second kappa shape index (κ2) is 3.44. The van der Waals surface area contributed by atoms with Crippen molar-refractivity contribution in [3.63, 3.8) is 0 Å². The van der Waals surface area contributed by atoms with Crippen LogP contribution in [0.1, 0.15) is 12.5 Å².